The van der Waals surface area contributed by atoms with E-state index >= 15 is 0 Å². The Labute approximate surface area is 95.4 Å². The number of hydrogen-bond donors (Lipinski definition) is 0. The van der Waals surface area contributed by atoms with E-state index in [1.165, 1.54) is 0 Å². The van der Waals surface area contributed by atoms with Crippen molar-refractivity contribution >= 4 is 5.78 Å². The van der Waals surface area contributed by atoms with Gasteiger partial charge in [-0.25, -0.2) is 0 Å². The normalized spacial score (nSPS) is 18.1. The van der Waals surface area contributed by atoms with Gasteiger partial charge in [-0.05, 0) is 18.2 Å². The van der Waals surface area contributed by atoms with E-state index in [0.717, 1.165) is 17.1 Å². The minimum Gasteiger partial charge on any atom is -0.497 e. The first-order valence-corrected chi connectivity index (χ1v) is 5.49. The maximum atomic E-state index is 11.8. The molecule has 0 bridgehead atoms. The van der Waals surface area contributed by atoms with Crippen molar-refractivity contribution in [3.05, 3.63) is 23.8 Å². The van der Waals surface area contributed by atoms with Crippen LogP contribution in [-0.2, 0) is 11.2 Å². The SMILES string of the molecule is COc1ccc2c(c1)CC(C(=O)C(C)C)O2. The lowest BCUT2D eigenvalue weighted by Crippen LogP contribution is -2.29. The highest BCUT2D eigenvalue weighted by Gasteiger charge is 2.30. The van der Waals surface area contributed by atoms with Gasteiger partial charge in [0, 0.05) is 17.9 Å². The number of carbonyl (C=O) groups is 1. The highest BCUT2D eigenvalue weighted by atomic mass is 16.5. The van der Waals surface area contributed by atoms with Crippen LogP contribution in [0.15, 0.2) is 18.2 Å². The van der Waals surface area contributed by atoms with Crippen molar-refractivity contribution in [1.29, 1.82) is 0 Å². The summed E-state index contributed by atoms with van der Waals surface area (Å²) in [6, 6.07) is 5.64. The van der Waals surface area contributed by atoms with Gasteiger partial charge in [0.15, 0.2) is 11.9 Å². The van der Waals surface area contributed by atoms with Gasteiger partial charge in [0.05, 0.1) is 7.11 Å². The molecule has 1 aromatic rings. The highest BCUT2D eigenvalue weighted by Crippen LogP contribution is 2.32. The number of hydrogen-bond acceptors (Lipinski definition) is 3. The maximum absolute atomic E-state index is 11.8. The average Bonchev–Trinajstić information content (AvgIpc) is 2.69. The third-order valence-corrected chi connectivity index (χ3v) is 2.83. The molecule has 16 heavy (non-hydrogen) atoms. The molecule has 1 aliphatic rings. The smallest absolute Gasteiger partial charge is 0.176 e. The Kier molecular flexibility index (Phi) is 2.86. The standard InChI is InChI=1S/C13H16O3/c1-8(2)13(14)12-7-9-6-10(15-3)4-5-11(9)16-12/h4-6,8,12H,7H2,1-3H3. The molecule has 0 aliphatic carbocycles. The minimum absolute atomic E-state index is 0.0150. The van der Waals surface area contributed by atoms with Crippen molar-refractivity contribution in [2.45, 2.75) is 26.4 Å². The molecule has 0 spiro atoms. The molecule has 1 unspecified atom stereocenters. The first-order chi connectivity index (χ1) is 7.61. The molecule has 0 aromatic heterocycles. The van der Waals surface area contributed by atoms with Gasteiger partial charge in [-0.2, -0.15) is 0 Å². The maximum Gasteiger partial charge on any atom is 0.176 e. The molecule has 0 saturated carbocycles. The summed E-state index contributed by atoms with van der Waals surface area (Å²) in [5.74, 6) is 1.79. The number of ether oxygens (including phenoxy) is 2. The van der Waals surface area contributed by atoms with E-state index in [2.05, 4.69) is 0 Å². The third-order valence-electron chi connectivity index (χ3n) is 2.83. The second kappa shape index (κ2) is 4.16. The fourth-order valence-electron chi connectivity index (χ4n) is 1.88. The van der Waals surface area contributed by atoms with Gasteiger partial charge in [0.2, 0.25) is 0 Å². The van der Waals surface area contributed by atoms with Crippen LogP contribution in [0.2, 0.25) is 0 Å². The summed E-state index contributed by atoms with van der Waals surface area (Å²) < 4.78 is 10.8. The Hall–Kier alpha value is -1.51. The number of benzene rings is 1. The van der Waals surface area contributed by atoms with Crippen LogP contribution in [0.25, 0.3) is 0 Å². The molecule has 3 nitrogen and oxygen atoms in total. The molecule has 0 N–H and O–H groups in total. The van der Waals surface area contributed by atoms with Crippen molar-refractivity contribution < 1.29 is 14.3 Å². The van der Waals surface area contributed by atoms with E-state index < -0.39 is 0 Å². The lowest BCUT2D eigenvalue weighted by atomic mass is 10.00. The highest BCUT2D eigenvalue weighted by molar-refractivity contribution is 5.86. The van der Waals surface area contributed by atoms with Gasteiger partial charge in [0.1, 0.15) is 11.5 Å². The predicted octanol–water partition coefficient (Wildman–Crippen LogP) is 2.22. The first kappa shape index (κ1) is 11.0. The van der Waals surface area contributed by atoms with Gasteiger partial charge < -0.3 is 9.47 Å². The van der Waals surface area contributed by atoms with Crippen LogP contribution in [0.1, 0.15) is 19.4 Å². The zero-order chi connectivity index (χ0) is 11.7. The van der Waals surface area contributed by atoms with Crippen molar-refractivity contribution in [3.63, 3.8) is 0 Å². The van der Waals surface area contributed by atoms with Gasteiger partial charge in [-0.1, -0.05) is 13.8 Å². The molecule has 0 amide bonds. The lowest BCUT2D eigenvalue weighted by Gasteiger charge is -2.11. The van der Waals surface area contributed by atoms with Crippen LogP contribution in [0.3, 0.4) is 0 Å². The van der Waals surface area contributed by atoms with Crippen molar-refractivity contribution in [2.75, 3.05) is 7.11 Å². The summed E-state index contributed by atoms with van der Waals surface area (Å²) in [5, 5.41) is 0. The first-order valence-electron chi connectivity index (χ1n) is 5.49. The quantitative estimate of drug-likeness (QED) is 0.783. The fourth-order valence-corrected chi connectivity index (χ4v) is 1.88. The molecule has 2 rings (SSSR count). The summed E-state index contributed by atoms with van der Waals surface area (Å²) in [6.45, 7) is 3.80. The van der Waals surface area contributed by atoms with E-state index in [9.17, 15) is 4.79 Å². The molecular formula is C13H16O3. The Morgan fingerprint density at radius 2 is 2.25 bits per heavy atom. The number of methoxy groups -OCH3 is 1. The van der Waals surface area contributed by atoms with Gasteiger partial charge in [0.25, 0.3) is 0 Å². The summed E-state index contributed by atoms with van der Waals surface area (Å²) in [6.07, 6.45) is 0.339. The Balaban J connectivity index is 2.18. The molecule has 1 atom stereocenters. The lowest BCUT2D eigenvalue weighted by molar-refractivity contribution is -0.128. The van der Waals surface area contributed by atoms with Crippen molar-refractivity contribution in [3.8, 4) is 11.5 Å². The number of Topliss-reactive ketones (excluding diaryl/α,β-unsaturated/α-hetero) is 1. The van der Waals surface area contributed by atoms with Crippen LogP contribution in [-0.4, -0.2) is 19.0 Å². The number of carbonyl (C=O) groups excluding carboxylic acids is 1. The summed E-state index contributed by atoms with van der Waals surface area (Å²) in [7, 11) is 1.63. The topological polar surface area (TPSA) is 35.5 Å². The van der Waals surface area contributed by atoms with Crippen LogP contribution >= 0.6 is 0 Å². The van der Waals surface area contributed by atoms with Crippen LogP contribution in [0, 0.1) is 5.92 Å². The number of rotatable bonds is 3. The largest absolute Gasteiger partial charge is 0.497 e. The monoisotopic (exact) mass is 220 g/mol. The van der Waals surface area contributed by atoms with Crippen LogP contribution in [0.4, 0.5) is 0 Å². The van der Waals surface area contributed by atoms with E-state index in [4.69, 9.17) is 9.47 Å². The molecular weight excluding hydrogens is 204 g/mol. The third kappa shape index (κ3) is 1.90. The molecule has 0 saturated heterocycles. The number of ketones is 1. The summed E-state index contributed by atoms with van der Waals surface area (Å²) in [5.41, 5.74) is 1.05. The minimum atomic E-state index is -0.317. The molecule has 1 heterocycles. The van der Waals surface area contributed by atoms with Gasteiger partial charge in [-0.15, -0.1) is 0 Å². The zero-order valence-corrected chi connectivity index (χ0v) is 9.82. The number of fused-ring (bicyclic) bond motifs is 1. The average molecular weight is 220 g/mol. The molecule has 1 aromatic carbocycles. The summed E-state index contributed by atoms with van der Waals surface area (Å²) in [4.78, 5) is 11.8. The molecule has 3 heteroatoms. The van der Waals surface area contributed by atoms with Crippen molar-refractivity contribution in [2.24, 2.45) is 5.92 Å². The second-order valence-corrected chi connectivity index (χ2v) is 4.34. The Morgan fingerprint density at radius 1 is 1.50 bits per heavy atom. The molecule has 0 fully saturated rings. The molecule has 86 valence electrons. The van der Waals surface area contributed by atoms with E-state index in [-0.39, 0.29) is 17.8 Å². The molecule has 0 radical (unpaired) electrons. The van der Waals surface area contributed by atoms with Crippen LogP contribution < -0.4 is 9.47 Å². The van der Waals surface area contributed by atoms with Crippen molar-refractivity contribution in [1.82, 2.24) is 0 Å². The predicted molar refractivity (Wildman–Crippen MR) is 61.0 cm³/mol. The molecule has 1 aliphatic heterocycles. The van der Waals surface area contributed by atoms with Crippen LogP contribution in [0.5, 0.6) is 11.5 Å². The van der Waals surface area contributed by atoms with Gasteiger partial charge >= 0.3 is 0 Å². The van der Waals surface area contributed by atoms with E-state index in [0.29, 0.717) is 6.42 Å². The van der Waals surface area contributed by atoms with E-state index in [1.807, 2.05) is 32.0 Å². The fraction of sp³-hybridized carbons (Fsp3) is 0.462. The van der Waals surface area contributed by atoms with Gasteiger partial charge in [-0.3, -0.25) is 4.79 Å². The zero-order valence-electron chi connectivity index (χ0n) is 9.82. The Morgan fingerprint density at radius 3 is 2.88 bits per heavy atom. The Bertz CT molecular complexity index is 410. The summed E-state index contributed by atoms with van der Waals surface area (Å²) >= 11 is 0. The van der Waals surface area contributed by atoms with E-state index in [1.54, 1.807) is 7.11 Å². The second-order valence-electron chi connectivity index (χ2n) is 4.34.